The molecule has 0 saturated carbocycles. The SMILES string of the molecule is CCC(F)(F)c1cccc(NC(=O)C2C(=O)N(c3ccc(OC(F)F)cc3)N=C2C)c1. The molecule has 1 atom stereocenters. The zero-order valence-electron chi connectivity index (χ0n) is 16.6. The second kappa shape index (κ2) is 8.75. The molecular formula is C21H19F4N3O3. The molecule has 0 bridgehead atoms. The number of nitrogens with one attached hydrogen (secondary N) is 1. The van der Waals surface area contributed by atoms with Gasteiger partial charge in [0.1, 0.15) is 5.75 Å². The Kier molecular flexibility index (Phi) is 6.28. The van der Waals surface area contributed by atoms with Crippen molar-refractivity contribution in [1.29, 1.82) is 0 Å². The minimum atomic E-state index is -3.04. The molecule has 2 aromatic rings. The summed E-state index contributed by atoms with van der Waals surface area (Å²) in [4.78, 5) is 25.5. The molecule has 1 N–H and O–H groups in total. The highest BCUT2D eigenvalue weighted by atomic mass is 19.3. The molecule has 1 aliphatic heterocycles. The Hall–Kier alpha value is -3.43. The minimum Gasteiger partial charge on any atom is -0.435 e. The summed E-state index contributed by atoms with van der Waals surface area (Å²) < 4.78 is 56.6. The summed E-state index contributed by atoms with van der Waals surface area (Å²) in [5, 5.41) is 7.53. The molecule has 0 saturated heterocycles. The Morgan fingerprint density at radius 3 is 2.52 bits per heavy atom. The zero-order chi connectivity index (χ0) is 22.8. The molecule has 164 valence electrons. The van der Waals surface area contributed by atoms with E-state index >= 15 is 0 Å². The van der Waals surface area contributed by atoms with Crippen LogP contribution in [0.25, 0.3) is 0 Å². The third kappa shape index (κ3) is 4.84. The van der Waals surface area contributed by atoms with Crippen molar-refractivity contribution in [3.05, 3.63) is 54.1 Å². The van der Waals surface area contributed by atoms with E-state index in [1.165, 1.54) is 56.3 Å². The Balaban J connectivity index is 1.74. The number of benzene rings is 2. The van der Waals surface area contributed by atoms with Gasteiger partial charge in [0.25, 0.3) is 11.8 Å². The summed E-state index contributed by atoms with van der Waals surface area (Å²) >= 11 is 0. The van der Waals surface area contributed by atoms with Crippen LogP contribution in [0.2, 0.25) is 0 Å². The average Bonchev–Trinajstić information content (AvgIpc) is 3.02. The van der Waals surface area contributed by atoms with Gasteiger partial charge in [-0.25, -0.2) is 8.78 Å². The van der Waals surface area contributed by atoms with Crippen molar-refractivity contribution in [2.75, 3.05) is 10.3 Å². The van der Waals surface area contributed by atoms with E-state index in [-0.39, 0.29) is 28.4 Å². The molecule has 1 unspecified atom stereocenters. The summed E-state index contributed by atoms with van der Waals surface area (Å²) in [5.41, 5.74) is 0.336. The number of nitrogens with zero attached hydrogens (tertiary/aromatic N) is 2. The van der Waals surface area contributed by atoms with Crippen molar-refractivity contribution in [1.82, 2.24) is 0 Å². The van der Waals surface area contributed by atoms with Gasteiger partial charge in [-0.1, -0.05) is 19.1 Å². The van der Waals surface area contributed by atoms with Gasteiger partial charge < -0.3 is 10.1 Å². The molecule has 1 heterocycles. The zero-order valence-corrected chi connectivity index (χ0v) is 16.6. The predicted octanol–water partition coefficient (Wildman–Crippen LogP) is 4.77. The molecule has 0 radical (unpaired) electrons. The molecule has 0 fully saturated rings. The molecule has 0 spiro atoms. The highest BCUT2D eigenvalue weighted by Gasteiger charge is 2.40. The highest BCUT2D eigenvalue weighted by Crippen LogP contribution is 2.33. The lowest BCUT2D eigenvalue weighted by Gasteiger charge is -2.17. The number of hydrogen-bond acceptors (Lipinski definition) is 4. The fourth-order valence-corrected chi connectivity index (χ4v) is 3.06. The van der Waals surface area contributed by atoms with E-state index in [9.17, 15) is 27.2 Å². The summed E-state index contributed by atoms with van der Waals surface area (Å²) in [6, 6.07) is 10.4. The van der Waals surface area contributed by atoms with Crippen molar-refractivity contribution in [3.8, 4) is 5.75 Å². The van der Waals surface area contributed by atoms with Crippen LogP contribution in [0.5, 0.6) is 5.75 Å². The van der Waals surface area contributed by atoms with Crippen LogP contribution in [0.3, 0.4) is 0 Å². The number of halogens is 4. The largest absolute Gasteiger partial charge is 0.435 e. The van der Waals surface area contributed by atoms with E-state index in [0.717, 1.165) is 11.1 Å². The van der Waals surface area contributed by atoms with Crippen LogP contribution < -0.4 is 15.1 Å². The van der Waals surface area contributed by atoms with E-state index in [4.69, 9.17) is 0 Å². The van der Waals surface area contributed by atoms with Crippen LogP contribution in [0, 0.1) is 5.92 Å². The number of amides is 2. The Morgan fingerprint density at radius 1 is 1.23 bits per heavy atom. The van der Waals surface area contributed by atoms with E-state index in [1.807, 2.05) is 0 Å². The van der Waals surface area contributed by atoms with Gasteiger partial charge in [-0.3, -0.25) is 9.59 Å². The molecule has 0 aromatic heterocycles. The average molecular weight is 437 g/mol. The molecule has 0 aliphatic carbocycles. The third-order valence-corrected chi connectivity index (χ3v) is 4.70. The van der Waals surface area contributed by atoms with Crippen molar-refractivity contribution in [3.63, 3.8) is 0 Å². The van der Waals surface area contributed by atoms with Crippen LogP contribution in [0.1, 0.15) is 25.8 Å². The van der Waals surface area contributed by atoms with E-state index in [1.54, 1.807) is 0 Å². The number of carbonyl (C=O) groups is 2. The van der Waals surface area contributed by atoms with Crippen molar-refractivity contribution in [2.24, 2.45) is 11.0 Å². The normalized spacial score (nSPS) is 16.5. The number of rotatable bonds is 7. The van der Waals surface area contributed by atoms with Gasteiger partial charge >= 0.3 is 6.61 Å². The van der Waals surface area contributed by atoms with Crippen LogP contribution in [0.15, 0.2) is 53.6 Å². The summed E-state index contributed by atoms with van der Waals surface area (Å²) in [7, 11) is 0. The first kappa shape index (κ1) is 22.3. The summed E-state index contributed by atoms with van der Waals surface area (Å²) in [5.74, 6) is -5.77. The van der Waals surface area contributed by atoms with Gasteiger partial charge in [0.2, 0.25) is 5.91 Å². The molecule has 1 aliphatic rings. The van der Waals surface area contributed by atoms with Crippen LogP contribution in [-0.2, 0) is 15.5 Å². The minimum absolute atomic E-state index is 0.0934. The first-order valence-electron chi connectivity index (χ1n) is 9.35. The summed E-state index contributed by atoms with van der Waals surface area (Å²) in [6.45, 7) is -0.149. The Bertz CT molecular complexity index is 1010. The Labute approximate surface area is 175 Å². The summed E-state index contributed by atoms with van der Waals surface area (Å²) in [6.07, 6.45) is -0.395. The monoisotopic (exact) mass is 437 g/mol. The van der Waals surface area contributed by atoms with Gasteiger partial charge in [0, 0.05) is 17.7 Å². The van der Waals surface area contributed by atoms with Gasteiger partial charge in [-0.05, 0) is 43.3 Å². The van der Waals surface area contributed by atoms with E-state index in [0.29, 0.717) is 0 Å². The van der Waals surface area contributed by atoms with E-state index < -0.39 is 36.7 Å². The topological polar surface area (TPSA) is 71.0 Å². The molecule has 31 heavy (non-hydrogen) atoms. The van der Waals surface area contributed by atoms with Crippen molar-refractivity contribution >= 4 is 28.9 Å². The van der Waals surface area contributed by atoms with Gasteiger partial charge in [-0.2, -0.15) is 18.9 Å². The second-order valence-corrected chi connectivity index (χ2v) is 6.82. The van der Waals surface area contributed by atoms with Crippen molar-refractivity contribution < 1.29 is 31.9 Å². The van der Waals surface area contributed by atoms with Gasteiger partial charge in [-0.15, -0.1) is 0 Å². The first-order chi connectivity index (χ1) is 14.6. The van der Waals surface area contributed by atoms with Gasteiger partial charge in [0.05, 0.1) is 11.4 Å². The molecule has 6 nitrogen and oxygen atoms in total. The third-order valence-electron chi connectivity index (χ3n) is 4.70. The fourth-order valence-electron chi connectivity index (χ4n) is 3.06. The number of anilines is 2. The molecule has 2 aromatic carbocycles. The number of alkyl halides is 4. The first-order valence-corrected chi connectivity index (χ1v) is 9.35. The number of carbonyl (C=O) groups excluding carboxylic acids is 2. The molecular weight excluding hydrogens is 418 g/mol. The molecule has 2 amide bonds. The Morgan fingerprint density at radius 2 is 1.90 bits per heavy atom. The molecule has 3 rings (SSSR count). The predicted molar refractivity (Wildman–Crippen MR) is 106 cm³/mol. The van der Waals surface area contributed by atoms with Crippen molar-refractivity contribution in [2.45, 2.75) is 32.8 Å². The highest BCUT2D eigenvalue weighted by molar-refractivity contribution is 6.28. The molecule has 10 heteroatoms. The van der Waals surface area contributed by atoms with Gasteiger partial charge in [0.15, 0.2) is 5.92 Å². The smallest absolute Gasteiger partial charge is 0.387 e. The maximum Gasteiger partial charge on any atom is 0.387 e. The van der Waals surface area contributed by atoms with Crippen LogP contribution in [-0.4, -0.2) is 24.1 Å². The van der Waals surface area contributed by atoms with Crippen LogP contribution >= 0.6 is 0 Å². The van der Waals surface area contributed by atoms with E-state index in [2.05, 4.69) is 15.2 Å². The lowest BCUT2D eigenvalue weighted by molar-refractivity contribution is -0.127. The quantitative estimate of drug-likeness (QED) is 0.501. The number of ether oxygens (including phenoxy) is 1. The maximum absolute atomic E-state index is 13.9. The lowest BCUT2D eigenvalue weighted by atomic mass is 10.0. The fraction of sp³-hybridized carbons (Fsp3) is 0.286. The van der Waals surface area contributed by atoms with Crippen LogP contribution in [0.4, 0.5) is 28.9 Å². The maximum atomic E-state index is 13.9. The second-order valence-electron chi connectivity index (χ2n) is 6.82. The number of hydrazone groups is 1. The standard InChI is InChI=1S/C21H19F4N3O3/c1-3-21(24,25)13-5-4-6-14(11-13)26-18(29)17-12(2)27-28(19(17)30)15-7-9-16(10-8-15)31-20(22)23/h4-11,17,20H,3H2,1-2H3,(H,26,29). The lowest BCUT2D eigenvalue weighted by Crippen LogP contribution is -2.36. The number of hydrogen-bond donors (Lipinski definition) is 1.